The zero-order valence-electron chi connectivity index (χ0n) is 5.70. The maximum atomic E-state index is 9.11. The molecule has 0 aromatic rings. The molecule has 1 heterocycles. The van der Waals surface area contributed by atoms with Crippen LogP contribution in [0.5, 0.6) is 0 Å². The summed E-state index contributed by atoms with van der Waals surface area (Å²) in [5.74, 6) is 0. The summed E-state index contributed by atoms with van der Waals surface area (Å²) in [5.41, 5.74) is 0. The summed E-state index contributed by atoms with van der Waals surface area (Å²) in [6.07, 6.45) is -0.0339. The van der Waals surface area contributed by atoms with Gasteiger partial charge in [0.25, 0.3) is 0 Å². The normalized spacial score (nSPS) is 43.7. The first-order chi connectivity index (χ1) is 4.24. The van der Waals surface area contributed by atoms with Crippen molar-refractivity contribution >= 4 is 0 Å². The van der Waals surface area contributed by atoms with Gasteiger partial charge in [0, 0.05) is 13.5 Å². The van der Waals surface area contributed by atoms with Gasteiger partial charge in [-0.05, 0) is 6.92 Å². The van der Waals surface area contributed by atoms with Crippen LogP contribution in [0, 0.1) is 0 Å². The molecule has 54 valence electrons. The third kappa shape index (κ3) is 1.41. The first-order valence-electron chi connectivity index (χ1n) is 3.10. The summed E-state index contributed by atoms with van der Waals surface area (Å²) in [6.45, 7) is 1.92. The molecule has 1 N–H and O–H groups in total. The Bertz CT molecular complexity index is 94.3. The number of hydrogen-bond acceptors (Lipinski definition) is 3. The van der Waals surface area contributed by atoms with E-state index in [0.717, 1.165) is 0 Å². The van der Waals surface area contributed by atoms with Crippen molar-refractivity contribution in [1.82, 2.24) is 0 Å². The molecular formula is C6H12O3. The molecule has 1 rings (SSSR count). The Morgan fingerprint density at radius 3 is 2.56 bits per heavy atom. The molecule has 0 amide bonds. The summed E-state index contributed by atoms with van der Waals surface area (Å²) in [4.78, 5) is 0. The number of aliphatic hydroxyl groups excluding tert-OH is 1. The summed E-state index contributed by atoms with van der Waals surface area (Å²) >= 11 is 0. The van der Waals surface area contributed by atoms with Gasteiger partial charge in [0.15, 0.2) is 6.29 Å². The van der Waals surface area contributed by atoms with E-state index in [9.17, 15) is 0 Å². The standard InChI is InChI=1S/C6H12O3/c1-4-3-5(7)6(8-2)9-4/h4-7H,3H2,1-2H3/t4-,5-,6?/m1/s1. The van der Waals surface area contributed by atoms with Crippen molar-refractivity contribution in [3.8, 4) is 0 Å². The minimum Gasteiger partial charge on any atom is -0.388 e. The Balaban J connectivity index is 2.38. The highest BCUT2D eigenvalue weighted by atomic mass is 16.7. The monoisotopic (exact) mass is 132 g/mol. The largest absolute Gasteiger partial charge is 0.388 e. The van der Waals surface area contributed by atoms with E-state index in [1.807, 2.05) is 6.92 Å². The van der Waals surface area contributed by atoms with E-state index >= 15 is 0 Å². The fraction of sp³-hybridized carbons (Fsp3) is 1.00. The van der Waals surface area contributed by atoms with Crippen LogP contribution in [0.4, 0.5) is 0 Å². The zero-order chi connectivity index (χ0) is 6.85. The molecule has 1 aliphatic heterocycles. The van der Waals surface area contributed by atoms with Crippen LogP contribution in [0.15, 0.2) is 0 Å². The van der Waals surface area contributed by atoms with Crippen molar-refractivity contribution in [2.45, 2.75) is 31.8 Å². The van der Waals surface area contributed by atoms with Crippen LogP contribution in [0.1, 0.15) is 13.3 Å². The average molecular weight is 132 g/mol. The fourth-order valence-electron chi connectivity index (χ4n) is 1.04. The van der Waals surface area contributed by atoms with Crippen LogP contribution < -0.4 is 0 Å². The number of rotatable bonds is 1. The number of aliphatic hydroxyl groups is 1. The lowest BCUT2D eigenvalue weighted by Gasteiger charge is -2.10. The van der Waals surface area contributed by atoms with Gasteiger partial charge in [-0.2, -0.15) is 0 Å². The van der Waals surface area contributed by atoms with Gasteiger partial charge in [0.2, 0.25) is 0 Å². The molecule has 1 fully saturated rings. The van der Waals surface area contributed by atoms with Crippen molar-refractivity contribution in [1.29, 1.82) is 0 Å². The van der Waals surface area contributed by atoms with Crippen LogP contribution in [0.2, 0.25) is 0 Å². The lowest BCUT2D eigenvalue weighted by atomic mass is 10.2. The highest BCUT2D eigenvalue weighted by Crippen LogP contribution is 2.19. The second kappa shape index (κ2) is 2.64. The number of hydrogen-bond donors (Lipinski definition) is 1. The highest BCUT2D eigenvalue weighted by molar-refractivity contribution is 4.72. The molecule has 3 heteroatoms. The second-order valence-corrected chi connectivity index (χ2v) is 2.35. The Morgan fingerprint density at radius 2 is 2.33 bits per heavy atom. The molecular weight excluding hydrogens is 120 g/mol. The molecule has 1 unspecified atom stereocenters. The number of methoxy groups -OCH3 is 1. The molecule has 0 bridgehead atoms. The molecule has 1 saturated heterocycles. The third-order valence-electron chi connectivity index (χ3n) is 1.49. The maximum absolute atomic E-state index is 9.11. The second-order valence-electron chi connectivity index (χ2n) is 2.35. The van der Waals surface area contributed by atoms with Crippen LogP contribution in [0.25, 0.3) is 0 Å². The predicted octanol–water partition coefficient (Wildman–Crippen LogP) is 0.129. The minimum atomic E-state index is -0.440. The topological polar surface area (TPSA) is 38.7 Å². The smallest absolute Gasteiger partial charge is 0.183 e. The Hall–Kier alpha value is -0.120. The summed E-state index contributed by atoms with van der Waals surface area (Å²) < 4.78 is 9.97. The molecule has 3 nitrogen and oxygen atoms in total. The summed E-state index contributed by atoms with van der Waals surface area (Å²) in [6, 6.07) is 0. The van der Waals surface area contributed by atoms with Gasteiger partial charge in [-0.1, -0.05) is 0 Å². The van der Waals surface area contributed by atoms with E-state index < -0.39 is 12.4 Å². The predicted molar refractivity (Wildman–Crippen MR) is 32.0 cm³/mol. The molecule has 0 radical (unpaired) electrons. The average Bonchev–Trinajstić information content (AvgIpc) is 2.10. The molecule has 0 aliphatic carbocycles. The van der Waals surface area contributed by atoms with Gasteiger partial charge < -0.3 is 14.6 Å². The molecule has 0 aromatic carbocycles. The SMILES string of the molecule is COC1O[C@H](C)C[C@H]1O. The van der Waals surface area contributed by atoms with Gasteiger partial charge >= 0.3 is 0 Å². The molecule has 0 saturated carbocycles. The van der Waals surface area contributed by atoms with Crippen LogP contribution in [-0.4, -0.2) is 30.7 Å². The molecule has 9 heavy (non-hydrogen) atoms. The minimum absolute atomic E-state index is 0.130. The van der Waals surface area contributed by atoms with Crippen LogP contribution in [0.3, 0.4) is 0 Å². The van der Waals surface area contributed by atoms with E-state index in [0.29, 0.717) is 6.42 Å². The van der Waals surface area contributed by atoms with Crippen molar-refractivity contribution in [3.05, 3.63) is 0 Å². The van der Waals surface area contributed by atoms with Crippen molar-refractivity contribution in [2.75, 3.05) is 7.11 Å². The van der Waals surface area contributed by atoms with Crippen molar-refractivity contribution in [2.24, 2.45) is 0 Å². The summed E-state index contributed by atoms with van der Waals surface area (Å²) in [5, 5.41) is 9.11. The quantitative estimate of drug-likeness (QED) is 0.551. The number of ether oxygens (including phenoxy) is 2. The van der Waals surface area contributed by atoms with Gasteiger partial charge in [-0.3, -0.25) is 0 Å². The Labute approximate surface area is 54.6 Å². The lowest BCUT2D eigenvalue weighted by molar-refractivity contribution is -0.145. The Kier molecular flexibility index (Phi) is 2.05. The van der Waals surface area contributed by atoms with E-state index in [2.05, 4.69) is 0 Å². The molecule has 1 aliphatic rings. The van der Waals surface area contributed by atoms with Gasteiger partial charge in [-0.15, -0.1) is 0 Å². The van der Waals surface area contributed by atoms with Gasteiger partial charge in [0.1, 0.15) is 6.10 Å². The molecule has 0 spiro atoms. The first-order valence-corrected chi connectivity index (χ1v) is 3.10. The first kappa shape index (κ1) is 6.99. The van der Waals surface area contributed by atoms with E-state index in [-0.39, 0.29) is 6.10 Å². The highest BCUT2D eigenvalue weighted by Gasteiger charge is 2.30. The summed E-state index contributed by atoms with van der Waals surface area (Å²) in [7, 11) is 1.53. The van der Waals surface area contributed by atoms with E-state index in [4.69, 9.17) is 14.6 Å². The van der Waals surface area contributed by atoms with E-state index in [1.165, 1.54) is 7.11 Å². The van der Waals surface area contributed by atoms with Gasteiger partial charge in [0.05, 0.1) is 6.10 Å². The zero-order valence-corrected chi connectivity index (χ0v) is 5.70. The van der Waals surface area contributed by atoms with Crippen LogP contribution >= 0.6 is 0 Å². The fourth-order valence-corrected chi connectivity index (χ4v) is 1.04. The van der Waals surface area contributed by atoms with Crippen molar-refractivity contribution in [3.63, 3.8) is 0 Å². The van der Waals surface area contributed by atoms with Crippen LogP contribution in [-0.2, 0) is 9.47 Å². The maximum Gasteiger partial charge on any atom is 0.183 e. The molecule has 0 aromatic heterocycles. The Morgan fingerprint density at radius 1 is 1.67 bits per heavy atom. The van der Waals surface area contributed by atoms with E-state index in [1.54, 1.807) is 0 Å². The lowest BCUT2D eigenvalue weighted by Crippen LogP contribution is -2.22. The third-order valence-corrected chi connectivity index (χ3v) is 1.49. The molecule has 3 atom stereocenters. The van der Waals surface area contributed by atoms with Crippen molar-refractivity contribution < 1.29 is 14.6 Å². The van der Waals surface area contributed by atoms with Gasteiger partial charge in [-0.25, -0.2) is 0 Å².